The monoisotopic (exact) mass is 434 g/mol. The zero-order valence-electron chi connectivity index (χ0n) is 16.2. The second-order valence-corrected chi connectivity index (χ2v) is 6.99. The summed E-state index contributed by atoms with van der Waals surface area (Å²) in [4.78, 5) is 34.3. The second-order valence-electron chi connectivity index (χ2n) is 6.99. The van der Waals surface area contributed by atoms with Gasteiger partial charge in [-0.1, -0.05) is 6.07 Å². The lowest BCUT2D eigenvalue weighted by Gasteiger charge is -2.33. The summed E-state index contributed by atoms with van der Waals surface area (Å²) >= 11 is 0. The number of amides is 2. The van der Waals surface area contributed by atoms with Crippen molar-refractivity contribution in [3.63, 3.8) is 0 Å². The minimum Gasteiger partial charge on any atom is -0.382 e. The first kappa shape index (κ1) is 20.6. The summed E-state index contributed by atoms with van der Waals surface area (Å²) in [5.41, 5.74) is 6.20. The van der Waals surface area contributed by atoms with Crippen molar-refractivity contribution in [1.82, 2.24) is 19.3 Å². The quantitative estimate of drug-likeness (QED) is 0.597. The minimum atomic E-state index is -4.49. The van der Waals surface area contributed by atoms with Crippen LogP contribution in [0.1, 0.15) is 22.7 Å². The molecule has 12 heteroatoms. The molecule has 0 fully saturated rings. The molecule has 0 spiro atoms. The lowest BCUT2D eigenvalue weighted by atomic mass is 9.95. The molecule has 0 aliphatic carbocycles. The zero-order valence-corrected chi connectivity index (χ0v) is 16.2. The van der Waals surface area contributed by atoms with Crippen LogP contribution in [0.3, 0.4) is 0 Å². The Labute approximate surface area is 173 Å². The molecule has 1 aromatic carbocycles. The van der Waals surface area contributed by atoms with Gasteiger partial charge in [0, 0.05) is 7.05 Å². The molecule has 4 rings (SSSR count). The average molecular weight is 434 g/mol. The van der Waals surface area contributed by atoms with Crippen molar-refractivity contribution in [2.45, 2.75) is 18.8 Å². The lowest BCUT2D eigenvalue weighted by Crippen LogP contribution is -2.42. The van der Waals surface area contributed by atoms with Crippen LogP contribution in [0.5, 0.6) is 0 Å². The Hall–Kier alpha value is -3.67. The first-order chi connectivity index (χ1) is 14.7. The SMILES string of the molecule is CN(C(=O)C(=O)Nc1cnc(N)c2cncn12)[C@@H]1COCc2cc(C(F)(F)F)ccc21. The Morgan fingerprint density at radius 2 is 2.10 bits per heavy atom. The Balaban J connectivity index is 1.55. The molecule has 1 aliphatic heterocycles. The van der Waals surface area contributed by atoms with E-state index >= 15 is 0 Å². The number of halogens is 3. The molecule has 2 aromatic heterocycles. The van der Waals surface area contributed by atoms with Gasteiger partial charge in [0.2, 0.25) is 0 Å². The van der Waals surface area contributed by atoms with E-state index in [1.807, 2.05) is 0 Å². The fraction of sp³-hybridized carbons (Fsp3) is 0.263. The van der Waals surface area contributed by atoms with Crippen molar-refractivity contribution in [2.24, 2.45) is 0 Å². The van der Waals surface area contributed by atoms with Crippen LogP contribution in [0, 0.1) is 0 Å². The van der Waals surface area contributed by atoms with Gasteiger partial charge in [-0.3, -0.25) is 14.0 Å². The number of alkyl halides is 3. The van der Waals surface area contributed by atoms with E-state index in [0.29, 0.717) is 16.6 Å². The van der Waals surface area contributed by atoms with E-state index in [2.05, 4.69) is 15.3 Å². The minimum absolute atomic E-state index is 0.0142. The summed E-state index contributed by atoms with van der Waals surface area (Å²) in [6.07, 6.45) is -0.347. The maximum Gasteiger partial charge on any atom is 0.416 e. The molecule has 0 saturated heterocycles. The number of hydrogen-bond acceptors (Lipinski definition) is 6. The molecule has 162 valence electrons. The summed E-state index contributed by atoms with van der Waals surface area (Å²) in [5.74, 6) is -1.47. The van der Waals surface area contributed by atoms with Crippen LogP contribution in [0.25, 0.3) is 5.52 Å². The Bertz CT molecular complexity index is 1180. The standard InChI is InChI=1S/C19H17F3N6O3/c1-27(14-8-31-7-10-4-11(19(20,21)22)2-3-12(10)14)18(30)17(29)26-15-6-25-16(23)13-5-24-9-28(13)15/h2-6,9,14H,7-8H2,1H3,(H2,23,25)(H,26,29)/t14-/m1/s1. The van der Waals surface area contributed by atoms with Gasteiger partial charge in [0.1, 0.15) is 23.5 Å². The summed E-state index contributed by atoms with van der Waals surface area (Å²) in [6, 6.07) is 2.54. The molecule has 0 radical (unpaired) electrons. The molecule has 1 aliphatic rings. The predicted molar refractivity (Wildman–Crippen MR) is 103 cm³/mol. The molecule has 3 N–H and O–H groups in total. The van der Waals surface area contributed by atoms with Gasteiger partial charge in [0.05, 0.1) is 37.2 Å². The van der Waals surface area contributed by atoms with Crippen LogP contribution in [-0.4, -0.2) is 44.7 Å². The van der Waals surface area contributed by atoms with Crippen LogP contribution >= 0.6 is 0 Å². The van der Waals surface area contributed by atoms with Gasteiger partial charge in [0.25, 0.3) is 0 Å². The third-order valence-electron chi connectivity index (χ3n) is 5.07. The molecule has 3 heterocycles. The molecule has 0 bridgehead atoms. The van der Waals surface area contributed by atoms with Crippen molar-refractivity contribution >= 4 is 29.0 Å². The van der Waals surface area contributed by atoms with Gasteiger partial charge in [0.15, 0.2) is 0 Å². The Kier molecular flexibility index (Phi) is 5.01. The molecule has 31 heavy (non-hydrogen) atoms. The largest absolute Gasteiger partial charge is 0.416 e. The van der Waals surface area contributed by atoms with E-state index in [9.17, 15) is 22.8 Å². The van der Waals surface area contributed by atoms with Crippen LogP contribution in [0.15, 0.2) is 36.9 Å². The van der Waals surface area contributed by atoms with Crippen molar-refractivity contribution in [1.29, 1.82) is 0 Å². The van der Waals surface area contributed by atoms with Crippen LogP contribution < -0.4 is 11.1 Å². The van der Waals surface area contributed by atoms with Gasteiger partial charge in [-0.2, -0.15) is 13.2 Å². The number of nitrogens with one attached hydrogen (secondary N) is 1. The number of hydrogen-bond donors (Lipinski definition) is 2. The number of imidazole rings is 1. The van der Waals surface area contributed by atoms with Crippen LogP contribution in [-0.2, 0) is 27.1 Å². The number of aromatic nitrogens is 3. The number of ether oxygens (including phenoxy) is 1. The first-order valence-corrected chi connectivity index (χ1v) is 9.09. The molecule has 9 nitrogen and oxygen atoms in total. The van der Waals surface area contributed by atoms with Crippen molar-refractivity contribution in [3.05, 3.63) is 53.6 Å². The fourth-order valence-corrected chi connectivity index (χ4v) is 3.42. The molecule has 0 saturated carbocycles. The highest BCUT2D eigenvalue weighted by molar-refractivity contribution is 6.39. The average Bonchev–Trinajstić information content (AvgIpc) is 3.24. The van der Waals surface area contributed by atoms with E-state index in [0.717, 1.165) is 17.0 Å². The number of nitrogens with zero attached hydrogens (tertiary/aromatic N) is 4. The smallest absolute Gasteiger partial charge is 0.382 e. The molecule has 3 aromatic rings. The van der Waals surface area contributed by atoms with Crippen molar-refractivity contribution < 1.29 is 27.5 Å². The molecular formula is C19H17F3N6O3. The van der Waals surface area contributed by atoms with Gasteiger partial charge in [-0.05, 0) is 23.3 Å². The summed E-state index contributed by atoms with van der Waals surface area (Å²) in [7, 11) is 1.39. The molecule has 2 amide bonds. The number of likely N-dealkylation sites (N-methyl/N-ethyl adjacent to an activating group) is 1. The predicted octanol–water partition coefficient (Wildman–Crippen LogP) is 2.00. The number of fused-ring (bicyclic) bond motifs is 2. The summed E-state index contributed by atoms with van der Waals surface area (Å²) in [5, 5.41) is 2.46. The van der Waals surface area contributed by atoms with E-state index in [1.165, 1.54) is 36.2 Å². The molecule has 0 unspecified atom stereocenters. The van der Waals surface area contributed by atoms with E-state index in [4.69, 9.17) is 10.5 Å². The van der Waals surface area contributed by atoms with E-state index in [-0.39, 0.29) is 24.8 Å². The van der Waals surface area contributed by atoms with Gasteiger partial charge in [-0.25, -0.2) is 9.97 Å². The topological polar surface area (TPSA) is 115 Å². The van der Waals surface area contributed by atoms with Gasteiger partial charge >= 0.3 is 18.0 Å². The number of carbonyl (C=O) groups is 2. The van der Waals surface area contributed by atoms with Gasteiger partial charge in [-0.15, -0.1) is 0 Å². The van der Waals surface area contributed by atoms with Crippen LogP contribution in [0.4, 0.5) is 24.8 Å². The van der Waals surface area contributed by atoms with E-state index in [1.54, 1.807) is 0 Å². The van der Waals surface area contributed by atoms with Crippen LogP contribution in [0.2, 0.25) is 0 Å². The highest BCUT2D eigenvalue weighted by atomic mass is 19.4. The van der Waals surface area contributed by atoms with E-state index < -0.39 is 29.6 Å². The maximum atomic E-state index is 13.0. The highest BCUT2D eigenvalue weighted by Crippen LogP contribution is 2.35. The Morgan fingerprint density at radius 3 is 2.84 bits per heavy atom. The highest BCUT2D eigenvalue weighted by Gasteiger charge is 2.35. The number of nitrogens with two attached hydrogens (primary N) is 1. The maximum absolute atomic E-state index is 13.0. The number of rotatable bonds is 2. The molecular weight excluding hydrogens is 417 g/mol. The zero-order chi connectivity index (χ0) is 22.3. The molecule has 1 atom stereocenters. The third kappa shape index (κ3) is 3.77. The number of carbonyl (C=O) groups excluding carboxylic acids is 2. The van der Waals surface area contributed by atoms with Crippen molar-refractivity contribution in [2.75, 3.05) is 24.7 Å². The first-order valence-electron chi connectivity index (χ1n) is 9.09. The fourth-order valence-electron chi connectivity index (χ4n) is 3.42. The number of nitrogen functional groups attached to an aromatic ring is 1. The normalized spacial score (nSPS) is 16.1. The Morgan fingerprint density at radius 1 is 1.32 bits per heavy atom. The number of anilines is 2. The number of benzene rings is 1. The summed E-state index contributed by atoms with van der Waals surface area (Å²) < 4.78 is 45.8. The van der Waals surface area contributed by atoms with Gasteiger partial charge < -0.3 is 20.7 Å². The van der Waals surface area contributed by atoms with Crippen molar-refractivity contribution in [3.8, 4) is 0 Å². The lowest BCUT2D eigenvalue weighted by molar-refractivity contribution is -0.145. The summed E-state index contributed by atoms with van der Waals surface area (Å²) in [6.45, 7) is 0.0305. The third-order valence-corrected chi connectivity index (χ3v) is 5.07. The second kappa shape index (κ2) is 7.54.